The Morgan fingerprint density at radius 2 is 1.94 bits per heavy atom. The molecule has 3 amide bonds. The fourth-order valence-corrected chi connectivity index (χ4v) is 5.03. The Kier molecular flexibility index (Phi) is 9.85. The van der Waals surface area contributed by atoms with Gasteiger partial charge in [0.25, 0.3) is 0 Å². The SMILES string of the molecule is CCNC(=O)C(C#N)CC1SC(CCNc2cccc(NC(=O)C(C)C)c2)C(=O)N1CC. The molecule has 1 fully saturated rings. The Labute approximate surface area is 194 Å². The lowest BCUT2D eigenvalue weighted by atomic mass is 10.1. The molecule has 1 heterocycles. The molecule has 1 aliphatic rings. The molecule has 3 unspecified atom stereocenters. The minimum atomic E-state index is -0.769. The number of thioether (sulfide) groups is 1. The van der Waals surface area contributed by atoms with E-state index in [2.05, 4.69) is 22.0 Å². The van der Waals surface area contributed by atoms with Crippen LogP contribution in [-0.4, -0.2) is 52.9 Å². The van der Waals surface area contributed by atoms with E-state index in [-0.39, 0.29) is 34.3 Å². The molecule has 0 radical (unpaired) electrons. The molecule has 3 atom stereocenters. The van der Waals surface area contributed by atoms with Crippen LogP contribution in [0.2, 0.25) is 0 Å². The van der Waals surface area contributed by atoms with E-state index in [0.29, 0.717) is 32.5 Å². The normalized spacial score (nSPS) is 18.9. The summed E-state index contributed by atoms with van der Waals surface area (Å²) in [6.45, 7) is 9.03. The van der Waals surface area contributed by atoms with Crippen LogP contribution >= 0.6 is 11.8 Å². The topological polar surface area (TPSA) is 114 Å². The fourth-order valence-electron chi connectivity index (χ4n) is 3.44. The number of nitrogens with zero attached hydrogens (tertiary/aromatic N) is 2. The molecule has 2 rings (SSSR count). The molecular weight excluding hydrogens is 426 g/mol. The number of nitriles is 1. The van der Waals surface area contributed by atoms with Gasteiger partial charge >= 0.3 is 0 Å². The lowest BCUT2D eigenvalue weighted by Crippen LogP contribution is -2.38. The molecule has 0 saturated carbocycles. The molecule has 174 valence electrons. The Bertz CT molecular complexity index is 854. The van der Waals surface area contributed by atoms with E-state index in [0.717, 1.165) is 11.4 Å². The molecule has 3 N–H and O–H groups in total. The van der Waals surface area contributed by atoms with Crippen molar-refractivity contribution >= 4 is 40.9 Å². The number of carbonyl (C=O) groups is 3. The van der Waals surface area contributed by atoms with Crippen LogP contribution in [0.1, 0.15) is 40.5 Å². The third-order valence-electron chi connectivity index (χ3n) is 5.22. The fraction of sp³-hybridized carbons (Fsp3) is 0.565. The lowest BCUT2D eigenvalue weighted by molar-refractivity contribution is -0.131. The number of hydrogen-bond acceptors (Lipinski definition) is 6. The van der Waals surface area contributed by atoms with Crippen molar-refractivity contribution in [3.63, 3.8) is 0 Å². The zero-order valence-corrected chi connectivity index (χ0v) is 20.0. The first kappa shape index (κ1) is 25.5. The Morgan fingerprint density at radius 1 is 1.22 bits per heavy atom. The third kappa shape index (κ3) is 6.89. The second-order valence-corrected chi connectivity index (χ2v) is 9.34. The van der Waals surface area contributed by atoms with Crippen LogP contribution in [0.4, 0.5) is 11.4 Å². The van der Waals surface area contributed by atoms with Gasteiger partial charge in [-0.2, -0.15) is 5.26 Å². The van der Waals surface area contributed by atoms with Gasteiger partial charge in [0.2, 0.25) is 17.7 Å². The molecule has 1 aromatic rings. The summed E-state index contributed by atoms with van der Waals surface area (Å²) in [7, 11) is 0. The van der Waals surface area contributed by atoms with E-state index in [4.69, 9.17) is 0 Å². The molecule has 0 spiro atoms. The number of anilines is 2. The van der Waals surface area contributed by atoms with E-state index >= 15 is 0 Å². The number of rotatable bonds is 11. The van der Waals surface area contributed by atoms with Crippen molar-refractivity contribution in [2.75, 3.05) is 30.3 Å². The number of benzene rings is 1. The zero-order chi connectivity index (χ0) is 23.7. The Morgan fingerprint density at radius 3 is 2.56 bits per heavy atom. The average Bonchev–Trinajstić information content (AvgIpc) is 3.06. The first-order valence-corrected chi connectivity index (χ1v) is 12.0. The van der Waals surface area contributed by atoms with Crippen LogP contribution in [0, 0.1) is 23.2 Å². The average molecular weight is 460 g/mol. The Hall–Kier alpha value is -2.73. The lowest BCUT2D eigenvalue weighted by Gasteiger charge is -2.23. The highest BCUT2D eigenvalue weighted by Crippen LogP contribution is 2.37. The van der Waals surface area contributed by atoms with Gasteiger partial charge in [-0.1, -0.05) is 19.9 Å². The van der Waals surface area contributed by atoms with Crippen LogP contribution in [0.25, 0.3) is 0 Å². The van der Waals surface area contributed by atoms with Gasteiger partial charge in [-0.15, -0.1) is 11.8 Å². The summed E-state index contributed by atoms with van der Waals surface area (Å²) in [5.74, 6) is -1.14. The van der Waals surface area contributed by atoms with Crippen molar-refractivity contribution < 1.29 is 14.4 Å². The van der Waals surface area contributed by atoms with Crippen molar-refractivity contribution in [1.29, 1.82) is 5.26 Å². The predicted molar refractivity (Wildman–Crippen MR) is 128 cm³/mol. The smallest absolute Gasteiger partial charge is 0.237 e. The van der Waals surface area contributed by atoms with Crippen LogP contribution < -0.4 is 16.0 Å². The zero-order valence-electron chi connectivity index (χ0n) is 19.2. The van der Waals surface area contributed by atoms with Crippen LogP contribution in [-0.2, 0) is 14.4 Å². The molecular formula is C23H33N5O3S. The minimum Gasteiger partial charge on any atom is -0.385 e. The van der Waals surface area contributed by atoms with Gasteiger partial charge in [0.05, 0.1) is 16.7 Å². The van der Waals surface area contributed by atoms with Crippen molar-refractivity contribution in [2.24, 2.45) is 11.8 Å². The summed E-state index contributed by atoms with van der Waals surface area (Å²) in [6, 6.07) is 9.56. The predicted octanol–water partition coefficient (Wildman–Crippen LogP) is 3.04. The van der Waals surface area contributed by atoms with E-state index in [1.165, 1.54) is 11.8 Å². The number of carbonyl (C=O) groups excluding carboxylic acids is 3. The maximum Gasteiger partial charge on any atom is 0.237 e. The van der Waals surface area contributed by atoms with E-state index < -0.39 is 5.92 Å². The van der Waals surface area contributed by atoms with E-state index in [1.54, 1.807) is 4.90 Å². The molecule has 1 aliphatic heterocycles. The monoisotopic (exact) mass is 459 g/mol. The van der Waals surface area contributed by atoms with Crippen LogP contribution in [0.15, 0.2) is 24.3 Å². The summed E-state index contributed by atoms with van der Waals surface area (Å²) in [4.78, 5) is 38.6. The summed E-state index contributed by atoms with van der Waals surface area (Å²) in [5.41, 5.74) is 1.59. The molecule has 1 saturated heterocycles. The van der Waals surface area contributed by atoms with Gasteiger partial charge in [0.15, 0.2) is 0 Å². The third-order valence-corrected chi connectivity index (χ3v) is 6.75. The summed E-state index contributed by atoms with van der Waals surface area (Å²) < 4.78 is 0. The van der Waals surface area contributed by atoms with Crippen molar-refractivity contribution in [3.8, 4) is 6.07 Å². The highest BCUT2D eigenvalue weighted by Gasteiger charge is 2.40. The summed E-state index contributed by atoms with van der Waals surface area (Å²) in [5, 5.41) is 17.9. The second-order valence-electron chi connectivity index (χ2n) is 7.96. The van der Waals surface area contributed by atoms with Crippen LogP contribution in [0.3, 0.4) is 0 Å². The molecule has 0 bridgehead atoms. The van der Waals surface area contributed by atoms with Crippen molar-refractivity contribution in [1.82, 2.24) is 10.2 Å². The first-order valence-electron chi connectivity index (χ1n) is 11.1. The summed E-state index contributed by atoms with van der Waals surface area (Å²) in [6.07, 6.45) is 0.950. The van der Waals surface area contributed by atoms with Gasteiger partial charge in [-0.3, -0.25) is 14.4 Å². The van der Waals surface area contributed by atoms with Gasteiger partial charge in [0, 0.05) is 43.3 Å². The molecule has 0 aromatic heterocycles. The molecule has 9 heteroatoms. The summed E-state index contributed by atoms with van der Waals surface area (Å²) >= 11 is 1.53. The molecule has 1 aromatic carbocycles. The van der Waals surface area contributed by atoms with E-state index in [1.807, 2.05) is 52.0 Å². The van der Waals surface area contributed by atoms with Gasteiger partial charge < -0.3 is 20.9 Å². The van der Waals surface area contributed by atoms with Crippen LogP contribution in [0.5, 0.6) is 0 Å². The standard InChI is InChI=1S/C23H33N5O3S/c1-5-25-22(30)16(14-24)12-20-28(6-2)23(31)19(32-20)10-11-26-17-8-7-9-18(13-17)27-21(29)15(3)4/h7-9,13,15-16,19-20,26H,5-6,10-12H2,1-4H3,(H,25,30)(H,27,29). The molecule has 8 nitrogen and oxygen atoms in total. The largest absolute Gasteiger partial charge is 0.385 e. The number of nitrogens with one attached hydrogen (secondary N) is 3. The highest BCUT2D eigenvalue weighted by atomic mass is 32.2. The number of amides is 3. The quantitative estimate of drug-likeness (QED) is 0.469. The van der Waals surface area contributed by atoms with Gasteiger partial charge in [0.1, 0.15) is 5.92 Å². The second kappa shape index (κ2) is 12.3. The van der Waals surface area contributed by atoms with E-state index in [9.17, 15) is 19.6 Å². The molecule has 32 heavy (non-hydrogen) atoms. The van der Waals surface area contributed by atoms with Crippen molar-refractivity contribution in [3.05, 3.63) is 24.3 Å². The minimum absolute atomic E-state index is 0.0379. The molecule has 0 aliphatic carbocycles. The Balaban J connectivity index is 1.92. The maximum absolute atomic E-state index is 12.8. The van der Waals surface area contributed by atoms with Crippen molar-refractivity contribution in [2.45, 2.75) is 51.2 Å². The first-order chi connectivity index (χ1) is 15.3. The van der Waals surface area contributed by atoms with Gasteiger partial charge in [-0.05, 0) is 38.5 Å². The highest BCUT2D eigenvalue weighted by molar-refractivity contribution is 8.01. The maximum atomic E-state index is 12.8. The number of hydrogen-bond donors (Lipinski definition) is 3. The van der Waals surface area contributed by atoms with Gasteiger partial charge in [-0.25, -0.2) is 0 Å².